The van der Waals surface area contributed by atoms with E-state index in [0.29, 0.717) is 18.3 Å². The SMILES string of the molecule is CC(=O)OCCN(CCOC(C)=O)c1ccc(C=NN=C(N)SCc2ccccc2)cc1. The summed E-state index contributed by atoms with van der Waals surface area (Å²) in [6.45, 7) is 4.18. The highest BCUT2D eigenvalue weighted by Crippen LogP contribution is 2.15. The first kappa shape index (κ1) is 24.9. The van der Waals surface area contributed by atoms with Crippen LogP contribution in [0, 0.1) is 0 Å². The van der Waals surface area contributed by atoms with E-state index in [1.165, 1.54) is 31.2 Å². The molecule has 9 heteroatoms. The first-order valence-electron chi connectivity index (χ1n) is 10.1. The first-order valence-corrected chi connectivity index (χ1v) is 11.1. The number of benzene rings is 2. The average Bonchev–Trinajstić information content (AvgIpc) is 2.77. The molecule has 0 heterocycles. The highest BCUT2D eigenvalue weighted by molar-refractivity contribution is 8.13. The summed E-state index contributed by atoms with van der Waals surface area (Å²) in [5.41, 5.74) is 8.84. The zero-order chi connectivity index (χ0) is 23.2. The molecular formula is C23H28N4O4S. The zero-order valence-electron chi connectivity index (χ0n) is 18.3. The number of amidine groups is 1. The van der Waals surface area contributed by atoms with Crippen molar-refractivity contribution in [3.8, 4) is 0 Å². The van der Waals surface area contributed by atoms with Crippen molar-refractivity contribution in [2.24, 2.45) is 15.9 Å². The second-order valence-electron chi connectivity index (χ2n) is 6.72. The normalized spacial score (nSPS) is 11.4. The van der Waals surface area contributed by atoms with E-state index in [9.17, 15) is 9.59 Å². The maximum absolute atomic E-state index is 11.0. The number of carbonyl (C=O) groups is 2. The van der Waals surface area contributed by atoms with E-state index in [1.54, 1.807) is 6.21 Å². The van der Waals surface area contributed by atoms with E-state index < -0.39 is 0 Å². The van der Waals surface area contributed by atoms with Crippen molar-refractivity contribution in [3.63, 3.8) is 0 Å². The third-order valence-electron chi connectivity index (χ3n) is 4.18. The maximum atomic E-state index is 11.0. The molecule has 0 saturated heterocycles. The van der Waals surface area contributed by atoms with Gasteiger partial charge < -0.3 is 20.1 Å². The van der Waals surface area contributed by atoms with Crippen LogP contribution < -0.4 is 10.6 Å². The fourth-order valence-electron chi connectivity index (χ4n) is 2.65. The second kappa shape index (κ2) is 13.9. The van der Waals surface area contributed by atoms with Gasteiger partial charge in [0.1, 0.15) is 13.2 Å². The number of ether oxygens (including phenoxy) is 2. The van der Waals surface area contributed by atoms with Crippen molar-refractivity contribution in [3.05, 3.63) is 65.7 Å². The number of hydrogen-bond acceptors (Lipinski definition) is 8. The maximum Gasteiger partial charge on any atom is 0.302 e. The van der Waals surface area contributed by atoms with E-state index in [4.69, 9.17) is 15.2 Å². The smallest absolute Gasteiger partial charge is 0.302 e. The number of anilines is 1. The zero-order valence-corrected chi connectivity index (χ0v) is 19.1. The lowest BCUT2D eigenvalue weighted by Gasteiger charge is -2.24. The highest BCUT2D eigenvalue weighted by Gasteiger charge is 2.08. The molecule has 32 heavy (non-hydrogen) atoms. The van der Waals surface area contributed by atoms with Gasteiger partial charge in [-0.25, -0.2) is 0 Å². The quantitative estimate of drug-likeness (QED) is 0.239. The van der Waals surface area contributed by atoms with Gasteiger partial charge in [0.15, 0.2) is 5.17 Å². The molecule has 2 aromatic carbocycles. The summed E-state index contributed by atoms with van der Waals surface area (Å²) in [5, 5.41) is 8.47. The molecule has 0 radical (unpaired) electrons. The van der Waals surface area contributed by atoms with Gasteiger partial charge in [0.25, 0.3) is 0 Å². The third-order valence-corrected chi connectivity index (χ3v) is 5.04. The molecule has 8 nitrogen and oxygen atoms in total. The number of nitrogens with zero attached hydrogens (tertiary/aromatic N) is 3. The van der Waals surface area contributed by atoms with Crippen LogP contribution in [0.2, 0.25) is 0 Å². The molecular weight excluding hydrogens is 428 g/mol. The molecule has 0 atom stereocenters. The molecule has 170 valence electrons. The molecule has 2 rings (SSSR count). The van der Waals surface area contributed by atoms with Gasteiger partial charge in [-0.05, 0) is 23.3 Å². The van der Waals surface area contributed by atoms with Gasteiger partial charge >= 0.3 is 11.9 Å². The number of carbonyl (C=O) groups excluding carboxylic acids is 2. The Labute approximate surface area is 192 Å². The summed E-state index contributed by atoms with van der Waals surface area (Å²) in [5.74, 6) is 0.0631. The molecule has 0 saturated carbocycles. The fourth-order valence-corrected chi connectivity index (χ4v) is 3.27. The van der Waals surface area contributed by atoms with Crippen LogP contribution in [0.4, 0.5) is 5.69 Å². The predicted octanol–water partition coefficient (Wildman–Crippen LogP) is 3.20. The van der Waals surface area contributed by atoms with Crippen molar-refractivity contribution in [2.45, 2.75) is 19.6 Å². The van der Waals surface area contributed by atoms with Gasteiger partial charge in [0, 0.05) is 25.3 Å². The summed E-state index contributed by atoms with van der Waals surface area (Å²) in [7, 11) is 0. The van der Waals surface area contributed by atoms with E-state index in [1.807, 2.05) is 59.5 Å². The monoisotopic (exact) mass is 456 g/mol. The lowest BCUT2D eigenvalue weighted by Crippen LogP contribution is -2.31. The lowest BCUT2D eigenvalue weighted by atomic mass is 10.2. The van der Waals surface area contributed by atoms with Gasteiger partial charge in [0.2, 0.25) is 0 Å². The highest BCUT2D eigenvalue weighted by atomic mass is 32.2. The van der Waals surface area contributed by atoms with Crippen LogP contribution in [0.3, 0.4) is 0 Å². The Balaban J connectivity index is 1.92. The molecule has 0 aliphatic heterocycles. The molecule has 2 N–H and O–H groups in total. The van der Waals surface area contributed by atoms with Crippen LogP contribution in [-0.4, -0.2) is 49.6 Å². The molecule has 0 aliphatic rings. The Morgan fingerprint density at radius 2 is 1.56 bits per heavy atom. The Bertz CT molecular complexity index is 897. The molecule has 0 unspecified atom stereocenters. The molecule has 0 aliphatic carbocycles. The van der Waals surface area contributed by atoms with Gasteiger partial charge in [-0.2, -0.15) is 5.10 Å². The van der Waals surface area contributed by atoms with Crippen molar-refractivity contribution in [2.75, 3.05) is 31.2 Å². The van der Waals surface area contributed by atoms with Crippen LogP contribution in [0.25, 0.3) is 0 Å². The Morgan fingerprint density at radius 3 is 2.12 bits per heavy atom. The molecule has 2 aromatic rings. The van der Waals surface area contributed by atoms with Crippen molar-refractivity contribution >= 4 is 40.8 Å². The number of nitrogens with two attached hydrogens (primary N) is 1. The van der Waals surface area contributed by atoms with E-state index in [-0.39, 0.29) is 25.2 Å². The van der Waals surface area contributed by atoms with Crippen molar-refractivity contribution < 1.29 is 19.1 Å². The van der Waals surface area contributed by atoms with Crippen molar-refractivity contribution in [1.82, 2.24) is 0 Å². The summed E-state index contributed by atoms with van der Waals surface area (Å²) in [6, 6.07) is 17.6. The molecule has 0 bridgehead atoms. The summed E-state index contributed by atoms with van der Waals surface area (Å²) >= 11 is 1.43. The third kappa shape index (κ3) is 10.1. The number of thioether (sulfide) groups is 1. The summed E-state index contributed by atoms with van der Waals surface area (Å²) < 4.78 is 10.1. The molecule has 0 aromatic heterocycles. The first-order chi connectivity index (χ1) is 15.4. The van der Waals surface area contributed by atoms with Crippen LogP contribution in [0.1, 0.15) is 25.0 Å². The summed E-state index contributed by atoms with van der Waals surface area (Å²) in [6.07, 6.45) is 1.63. The van der Waals surface area contributed by atoms with E-state index >= 15 is 0 Å². The number of hydrogen-bond donors (Lipinski definition) is 1. The Morgan fingerprint density at radius 1 is 0.969 bits per heavy atom. The molecule has 0 fully saturated rings. The van der Waals surface area contributed by atoms with E-state index in [0.717, 1.165) is 17.0 Å². The lowest BCUT2D eigenvalue weighted by molar-refractivity contribution is -0.141. The van der Waals surface area contributed by atoms with Gasteiger partial charge in [-0.15, -0.1) is 5.10 Å². The molecule has 0 spiro atoms. The number of esters is 2. The van der Waals surface area contributed by atoms with Crippen LogP contribution >= 0.6 is 11.8 Å². The van der Waals surface area contributed by atoms with E-state index in [2.05, 4.69) is 10.2 Å². The Hall–Kier alpha value is -3.33. The minimum absolute atomic E-state index is 0.243. The second-order valence-corrected chi connectivity index (χ2v) is 7.71. The minimum Gasteiger partial charge on any atom is -0.464 e. The molecule has 0 amide bonds. The standard InChI is InChI=1S/C23H28N4O4S/c1-18(28)30-14-12-27(13-15-31-19(2)29)22-10-8-20(9-11-22)16-25-26-23(24)32-17-21-6-4-3-5-7-21/h3-11,16H,12-15,17H2,1-2H3,(H2,24,26). The van der Waals surface area contributed by atoms with Gasteiger partial charge in [-0.1, -0.05) is 54.2 Å². The van der Waals surface area contributed by atoms with Crippen LogP contribution in [0.5, 0.6) is 0 Å². The summed E-state index contributed by atoms with van der Waals surface area (Å²) in [4.78, 5) is 24.0. The average molecular weight is 457 g/mol. The van der Waals surface area contributed by atoms with Crippen LogP contribution in [0.15, 0.2) is 64.8 Å². The number of rotatable bonds is 11. The van der Waals surface area contributed by atoms with Gasteiger partial charge in [-0.3, -0.25) is 9.59 Å². The fraction of sp³-hybridized carbons (Fsp3) is 0.304. The Kier molecular flexibility index (Phi) is 10.8. The topological polar surface area (TPSA) is 107 Å². The predicted molar refractivity (Wildman–Crippen MR) is 129 cm³/mol. The van der Waals surface area contributed by atoms with Crippen molar-refractivity contribution in [1.29, 1.82) is 0 Å². The van der Waals surface area contributed by atoms with Gasteiger partial charge in [0.05, 0.1) is 19.3 Å². The largest absolute Gasteiger partial charge is 0.464 e. The minimum atomic E-state index is -0.335. The van der Waals surface area contributed by atoms with Crippen LogP contribution in [-0.2, 0) is 24.8 Å².